The minimum Gasteiger partial charge on any atom is -0.326 e. The fourth-order valence-electron chi connectivity index (χ4n) is 3.84. The molecule has 1 unspecified atom stereocenters. The molecule has 0 spiro atoms. The first-order valence-corrected chi connectivity index (χ1v) is 13.2. The second-order valence-electron chi connectivity index (χ2n) is 8.20. The fourth-order valence-corrected chi connectivity index (χ4v) is 5.59. The molecule has 36 heavy (non-hydrogen) atoms. The van der Waals surface area contributed by atoms with Crippen molar-refractivity contribution >= 4 is 56.5 Å². The van der Waals surface area contributed by atoms with E-state index in [9.17, 15) is 9.59 Å². The molecule has 0 radical (unpaired) electrons. The highest BCUT2D eigenvalue weighted by molar-refractivity contribution is 8.00. The maximum Gasteiger partial charge on any atom is 0.244 e. The van der Waals surface area contributed by atoms with Crippen LogP contribution in [0.15, 0.2) is 107 Å². The monoisotopic (exact) mass is 509 g/mol. The Bertz CT molecular complexity index is 1510. The van der Waals surface area contributed by atoms with Crippen LogP contribution in [0.25, 0.3) is 22.0 Å². The molecule has 7 heteroatoms. The lowest BCUT2D eigenvalue weighted by Gasteiger charge is -2.16. The summed E-state index contributed by atoms with van der Waals surface area (Å²) in [6.07, 6.45) is 0. The van der Waals surface area contributed by atoms with Crippen molar-refractivity contribution in [1.82, 2.24) is 4.98 Å². The third-order valence-electron chi connectivity index (χ3n) is 5.55. The van der Waals surface area contributed by atoms with Crippen molar-refractivity contribution in [2.45, 2.75) is 17.1 Å². The highest BCUT2D eigenvalue weighted by Gasteiger charge is 2.23. The van der Waals surface area contributed by atoms with E-state index in [2.05, 4.69) is 45.9 Å². The molecule has 2 amide bonds. The van der Waals surface area contributed by atoms with Gasteiger partial charge in [0.25, 0.3) is 0 Å². The van der Waals surface area contributed by atoms with Crippen molar-refractivity contribution in [3.05, 3.63) is 108 Å². The Morgan fingerprint density at radius 2 is 1.56 bits per heavy atom. The Labute approximate surface area is 217 Å². The first-order chi connectivity index (χ1) is 17.5. The van der Waals surface area contributed by atoms with Crippen LogP contribution in [0.2, 0.25) is 0 Å². The van der Waals surface area contributed by atoms with Gasteiger partial charge in [0.15, 0.2) is 5.13 Å². The van der Waals surface area contributed by atoms with Crippen LogP contribution in [0.1, 0.15) is 17.7 Å². The van der Waals surface area contributed by atoms with Gasteiger partial charge in [-0.1, -0.05) is 66.7 Å². The number of nitrogens with zero attached hydrogens (tertiary/aromatic N) is 1. The highest BCUT2D eigenvalue weighted by atomic mass is 32.2. The Morgan fingerprint density at radius 3 is 2.31 bits per heavy atom. The van der Waals surface area contributed by atoms with E-state index in [0.717, 1.165) is 32.8 Å². The van der Waals surface area contributed by atoms with Crippen LogP contribution < -0.4 is 10.6 Å². The van der Waals surface area contributed by atoms with E-state index in [1.165, 1.54) is 35.4 Å². The van der Waals surface area contributed by atoms with Crippen molar-refractivity contribution in [3.8, 4) is 11.3 Å². The summed E-state index contributed by atoms with van der Waals surface area (Å²) in [5, 5.41) is 10.2. The van der Waals surface area contributed by atoms with Crippen LogP contribution in [0.3, 0.4) is 0 Å². The first-order valence-electron chi connectivity index (χ1n) is 11.4. The van der Waals surface area contributed by atoms with Crippen molar-refractivity contribution < 1.29 is 9.59 Å². The summed E-state index contributed by atoms with van der Waals surface area (Å²) in [4.78, 5) is 30.3. The molecular weight excluding hydrogens is 486 g/mol. The van der Waals surface area contributed by atoms with Crippen LogP contribution in [0.5, 0.6) is 0 Å². The van der Waals surface area contributed by atoms with E-state index >= 15 is 0 Å². The van der Waals surface area contributed by atoms with Gasteiger partial charge < -0.3 is 10.6 Å². The predicted octanol–water partition coefficient (Wildman–Crippen LogP) is 7.39. The van der Waals surface area contributed by atoms with Gasteiger partial charge in [-0.3, -0.25) is 9.59 Å². The van der Waals surface area contributed by atoms with E-state index in [0.29, 0.717) is 5.13 Å². The number of fused-ring (bicyclic) bond motifs is 1. The van der Waals surface area contributed by atoms with Gasteiger partial charge in [-0.2, -0.15) is 0 Å². The minimum atomic E-state index is -0.467. The van der Waals surface area contributed by atoms with Gasteiger partial charge in [0.05, 0.1) is 5.69 Å². The van der Waals surface area contributed by atoms with Crippen LogP contribution in [-0.2, 0) is 9.59 Å². The summed E-state index contributed by atoms with van der Waals surface area (Å²) in [5.74, 6) is -0.264. The number of thioether (sulfide) groups is 1. The molecule has 1 aromatic heterocycles. The first kappa shape index (κ1) is 23.8. The molecule has 4 aromatic carbocycles. The molecule has 2 N–H and O–H groups in total. The smallest absolute Gasteiger partial charge is 0.244 e. The fraction of sp³-hybridized carbons (Fsp3) is 0.0690. The van der Waals surface area contributed by atoms with Crippen LogP contribution in [0, 0.1) is 0 Å². The van der Waals surface area contributed by atoms with E-state index in [1.807, 2.05) is 72.1 Å². The number of hydrogen-bond acceptors (Lipinski definition) is 5. The molecule has 0 aliphatic carbocycles. The van der Waals surface area contributed by atoms with Gasteiger partial charge in [0.1, 0.15) is 5.25 Å². The molecule has 0 aliphatic heterocycles. The van der Waals surface area contributed by atoms with Crippen molar-refractivity contribution in [2.24, 2.45) is 0 Å². The topological polar surface area (TPSA) is 71.1 Å². The quantitative estimate of drug-likeness (QED) is 0.224. The predicted molar refractivity (Wildman–Crippen MR) is 149 cm³/mol. The third-order valence-corrected chi connectivity index (χ3v) is 7.57. The summed E-state index contributed by atoms with van der Waals surface area (Å²) < 4.78 is 0. The number of benzene rings is 4. The standard InChI is InChI=1S/C29H23N3O2S2/c1-19(33)30-24-13-15-25(16-14-24)36-27(21-8-3-2-4-9-21)28(34)32-29-31-26(18-35-29)23-12-11-20-7-5-6-10-22(20)17-23/h2-18,27H,1H3,(H,30,33)(H,31,32,34). The molecule has 5 nitrogen and oxygen atoms in total. The lowest BCUT2D eigenvalue weighted by Crippen LogP contribution is -2.19. The molecule has 0 saturated carbocycles. The number of rotatable bonds is 7. The molecule has 178 valence electrons. The lowest BCUT2D eigenvalue weighted by molar-refractivity contribution is -0.116. The van der Waals surface area contributed by atoms with E-state index in [-0.39, 0.29) is 11.8 Å². The zero-order valence-electron chi connectivity index (χ0n) is 19.5. The average molecular weight is 510 g/mol. The van der Waals surface area contributed by atoms with Crippen LogP contribution >= 0.6 is 23.1 Å². The summed E-state index contributed by atoms with van der Waals surface area (Å²) in [6.45, 7) is 1.47. The number of aromatic nitrogens is 1. The zero-order chi connectivity index (χ0) is 24.9. The number of nitrogens with one attached hydrogen (secondary N) is 2. The van der Waals surface area contributed by atoms with E-state index in [1.54, 1.807) is 0 Å². The largest absolute Gasteiger partial charge is 0.326 e. The minimum absolute atomic E-state index is 0.122. The third kappa shape index (κ3) is 5.64. The van der Waals surface area contributed by atoms with Crippen molar-refractivity contribution in [1.29, 1.82) is 0 Å². The molecular formula is C29H23N3O2S2. The average Bonchev–Trinajstić information content (AvgIpc) is 3.36. The molecule has 0 fully saturated rings. The van der Waals surface area contributed by atoms with Gasteiger partial charge in [-0.05, 0) is 46.7 Å². The SMILES string of the molecule is CC(=O)Nc1ccc(SC(C(=O)Nc2nc(-c3ccc4ccccc4c3)cs2)c2ccccc2)cc1. The summed E-state index contributed by atoms with van der Waals surface area (Å²) in [7, 11) is 0. The van der Waals surface area contributed by atoms with Gasteiger partial charge in [0.2, 0.25) is 11.8 Å². The number of hydrogen-bond donors (Lipinski definition) is 2. The lowest BCUT2D eigenvalue weighted by atomic mass is 10.1. The molecule has 5 rings (SSSR count). The van der Waals surface area contributed by atoms with E-state index in [4.69, 9.17) is 0 Å². The van der Waals surface area contributed by atoms with Crippen LogP contribution in [0.4, 0.5) is 10.8 Å². The molecule has 5 aromatic rings. The van der Waals surface area contributed by atoms with Crippen molar-refractivity contribution in [3.63, 3.8) is 0 Å². The molecule has 0 aliphatic rings. The summed E-state index contributed by atoms with van der Waals surface area (Å²) in [6, 6.07) is 31.6. The molecule has 1 heterocycles. The highest BCUT2D eigenvalue weighted by Crippen LogP contribution is 2.37. The Balaban J connectivity index is 1.35. The van der Waals surface area contributed by atoms with Crippen molar-refractivity contribution in [2.75, 3.05) is 10.6 Å². The second kappa shape index (κ2) is 10.8. The number of carbonyl (C=O) groups is 2. The number of amides is 2. The van der Waals surface area contributed by atoms with Crippen LogP contribution in [-0.4, -0.2) is 16.8 Å². The van der Waals surface area contributed by atoms with E-state index < -0.39 is 5.25 Å². The zero-order valence-corrected chi connectivity index (χ0v) is 21.1. The number of thiazole rings is 1. The maximum atomic E-state index is 13.4. The summed E-state index contributed by atoms with van der Waals surface area (Å²) >= 11 is 2.87. The Kier molecular flexibility index (Phi) is 7.11. The second-order valence-corrected chi connectivity index (χ2v) is 10.2. The molecule has 0 saturated heterocycles. The molecule has 0 bridgehead atoms. The Hall–Kier alpha value is -3.94. The van der Waals surface area contributed by atoms with Gasteiger partial charge in [-0.25, -0.2) is 4.98 Å². The molecule has 1 atom stereocenters. The summed E-state index contributed by atoms with van der Waals surface area (Å²) in [5.41, 5.74) is 3.46. The van der Waals surface area contributed by atoms with Gasteiger partial charge in [0, 0.05) is 28.5 Å². The number of anilines is 2. The Morgan fingerprint density at radius 1 is 0.833 bits per heavy atom. The van der Waals surface area contributed by atoms with Gasteiger partial charge in [-0.15, -0.1) is 23.1 Å². The number of carbonyl (C=O) groups excluding carboxylic acids is 2. The van der Waals surface area contributed by atoms with Gasteiger partial charge >= 0.3 is 0 Å². The normalized spacial score (nSPS) is 11.7. The maximum absolute atomic E-state index is 13.4.